The van der Waals surface area contributed by atoms with Crippen LogP contribution in [-0.2, 0) is 10.0 Å². The van der Waals surface area contributed by atoms with Gasteiger partial charge >= 0.3 is 0 Å². The number of nitro groups is 1. The number of hydrogen-bond donors (Lipinski definition) is 1. The Morgan fingerprint density at radius 2 is 1.76 bits per heavy atom. The number of hydrogen-bond acceptors (Lipinski definition) is 4. The van der Waals surface area contributed by atoms with E-state index in [1.165, 1.54) is 19.1 Å². The molecule has 1 aromatic carbocycles. The van der Waals surface area contributed by atoms with E-state index < -0.39 is 14.9 Å². The Labute approximate surface area is 99.9 Å². The van der Waals surface area contributed by atoms with Crippen LogP contribution >= 0.6 is 0 Å². The predicted octanol–water partition coefficient (Wildman–Crippen LogP) is 1.97. The standard InChI is InChI=1S/C10H14N2O4S/c1-4-17(15,16)11-10-7(2)5-9(12(13)14)6-8(10)3/h5-6,11H,4H2,1-3H3. The molecule has 1 N–H and O–H groups in total. The summed E-state index contributed by atoms with van der Waals surface area (Å²) in [5.74, 6) is -0.0388. The molecule has 0 fully saturated rings. The quantitative estimate of drug-likeness (QED) is 0.660. The second-order valence-electron chi connectivity index (χ2n) is 3.72. The molecule has 0 saturated carbocycles. The maximum Gasteiger partial charge on any atom is 0.270 e. The monoisotopic (exact) mass is 258 g/mol. The van der Waals surface area contributed by atoms with Gasteiger partial charge in [-0.2, -0.15) is 0 Å². The Morgan fingerprint density at radius 1 is 1.29 bits per heavy atom. The first-order valence-electron chi connectivity index (χ1n) is 5.03. The van der Waals surface area contributed by atoms with Gasteiger partial charge in [-0.1, -0.05) is 0 Å². The zero-order chi connectivity index (χ0) is 13.2. The van der Waals surface area contributed by atoms with Crippen LogP contribution in [-0.4, -0.2) is 19.1 Å². The molecule has 0 aliphatic rings. The number of nitrogens with one attached hydrogen (secondary N) is 1. The van der Waals surface area contributed by atoms with Crippen LogP contribution in [0.2, 0.25) is 0 Å². The lowest BCUT2D eigenvalue weighted by Crippen LogP contribution is -2.16. The minimum Gasteiger partial charge on any atom is -0.283 e. The first-order valence-corrected chi connectivity index (χ1v) is 6.68. The zero-order valence-corrected chi connectivity index (χ0v) is 10.7. The Balaban J connectivity index is 3.24. The molecule has 7 heteroatoms. The predicted molar refractivity (Wildman–Crippen MR) is 65.7 cm³/mol. The summed E-state index contributed by atoms with van der Waals surface area (Å²) < 4.78 is 25.3. The second-order valence-corrected chi connectivity index (χ2v) is 5.73. The molecule has 0 amide bonds. The van der Waals surface area contributed by atoms with Gasteiger partial charge in [-0.05, 0) is 31.9 Å². The summed E-state index contributed by atoms with van der Waals surface area (Å²) >= 11 is 0. The molecular weight excluding hydrogens is 244 g/mol. The fraction of sp³-hybridized carbons (Fsp3) is 0.400. The number of rotatable bonds is 4. The van der Waals surface area contributed by atoms with Crippen LogP contribution in [0.5, 0.6) is 0 Å². The Kier molecular flexibility index (Phi) is 3.72. The third-order valence-corrected chi connectivity index (χ3v) is 3.64. The fourth-order valence-corrected chi connectivity index (χ4v) is 2.21. The van der Waals surface area contributed by atoms with Crippen molar-refractivity contribution in [1.82, 2.24) is 0 Å². The van der Waals surface area contributed by atoms with Crippen LogP contribution in [0.1, 0.15) is 18.1 Å². The number of aryl methyl sites for hydroxylation is 2. The lowest BCUT2D eigenvalue weighted by atomic mass is 10.1. The van der Waals surface area contributed by atoms with Crippen molar-refractivity contribution in [3.05, 3.63) is 33.4 Å². The molecule has 0 heterocycles. The number of benzene rings is 1. The van der Waals surface area contributed by atoms with Gasteiger partial charge in [0, 0.05) is 12.1 Å². The second kappa shape index (κ2) is 4.70. The normalized spacial score (nSPS) is 11.2. The number of anilines is 1. The molecule has 0 aliphatic heterocycles. The summed E-state index contributed by atoms with van der Waals surface area (Å²) in [5, 5.41) is 10.6. The number of non-ortho nitro benzene ring substituents is 1. The van der Waals surface area contributed by atoms with Gasteiger partial charge in [0.15, 0.2) is 0 Å². The Hall–Kier alpha value is -1.63. The van der Waals surface area contributed by atoms with Gasteiger partial charge in [-0.25, -0.2) is 8.42 Å². The van der Waals surface area contributed by atoms with E-state index in [9.17, 15) is 18.5 Å². The summed E-state index contributed by atoms with van der Waals surface area (Å²) in [4.78, 5) is 10.1. The van der Waals surface area contributed by atoms with Gasteiger partial charge in [0.1, 0.15) is 0 Å². The summed E-state index contributed by atoms with van der Waals surface area (Å²) in [6.45, 7) is 4.79. The van der Waals surface area contributed by atoms with Gasteiger partial charge in [-0.15, -0.1) is 0 Å². The first-order chi connectivity index (χ1) is 7.76. The summed E-state index contributed by atoms with van der Waals surface area (Å²) in [6.07, 6.45) is 0. The SMILES string of the molecule is CCS(=O)(=O)Nc1c(C)cc([N+](=O)[O-])cc1C. The minimum absolute atomic E-state index is 0.0388. The molecule has 0 atom stereocenters. The maximum absolute atomic E-state index is 11.4. The summed E-state index contributed by atoms with van der Waals surface area (Å²) in [6, 6.07) is 2.70. The van der Waals surface area contributed by atoms with Crippen molar-refractivity contribution in [2.45, 2.75) is 20.8 Å². The van der Waals surface area contributed by atoms with Crippen molar-refractivity contribution in [1.29, 1.82) is 0 Å². The highest BCUT2D eigenvalue weighted by Gasteiger charge is 2.15. The van der Waals surface area contributed by atoms with E-state index in [1.54, 1.807) is 13.8 Å². The van der Waals surface area contributed by atoms with E-state index in [-0.39, 0.29) is 11.4 Å². The van der Waals surface area contributed by atoms with Crippen LogP contribution in [0.15, 0.2) is 12.1 Å². The highest BCUT2D eigenvalue weighted by atomic mass is 32.2. The molecule has 0 radical (unpaired) electrons. The largest absolute Gasteiger partial charge is 0.283 e. The third-order valence-electron chi connectivity index (χ3n) is 2.37. The third kappa shape index (κ3) is 3.16. The molecule has 1 aromatic rings. The number of nitrogens with zero attached hydrogens (tertiary/aromatic N) is 1. The smallest absolute Gasteiger partial charge is 0.270 e. The van der Waals surface area contributed by atoms with Crippen molar-refractivity contribution < 1.29 is 13.3 Å². The zero-order valence-electron chi connectivity index (χ0n) is 9.85. The van der Waals surface area contributed by atoms with Gasteiger partial charge in [0.2, 0.25) is 10.0 Å². The van der Waals surface area contributed by atoms with Crippen LogP contribution in [0, 0.1) is 24.0 Å². The molecule has 0 aliphatic carbocycles. The van der Waals surface area contributed by atoms with Crippen LogP contribution in [0.25, 0.3) is 0 Å². The molecule has 0 saturated heterocycles. The molecule has 0 spiro atoms. The van der Waals surface area contributed by atoms with Crippen LogP contribution < -0.4 is 4.72 Å². The van der Waals surface area contributed by atoms with E-state index in [0.29, 0.717) is 16.8 Å². The van der Waals surface area contributed by atoms with Crippen LogP contribution in [0.4, 0.5) is 11.4 Å². The average molecular weight is 258 g/mol. The molecule has 0 unspecified atom stereocenters. The molecular formula is C10H14N2O4S. The number of sulfonamides is 1. The molecule has 94 valence electrons. The van der Waals surface area contributed by atoms with Crippen LogP contribution in [0.3, 0.4) is 0 Å². The molecule has 0 bridgehead atoms. The average Bonchev–Trinajstić information content (AvgIpc) is 2.23. The van der Waals surface area contributed by atoms with E-state index in [2.05, 4.69) is 4.72 Å². The molecule has 0 aromatic heterocycles. The van der Waals surface area contributed by atoms with Crippen molar-refractivity contribution in [2.75, 3.05) is 10.5 Å². The van der Waals surface area contributed by atoms with Gasteiger partial charge in [-0.3, -0.25) is 14.8 Å². The van der Waals surface area contributed by atoms with Crippen molar-refractivity contribution in [3.63, 3.8) is 0 Å². The van der Waals surface area contributed by atoms with Crippen molar-refractivity contribution >= 4 is 21.4 Å². The summed E-state index contributed by atoms with van der Waals surface area (Å²) in [5.41, 5.74) is 1.44. The van der Waals surface area contributed by atoms with Gasteiger partial charge in [0.25, 0.3) is 5.69 Å². The number of nitro benzene ring substituents is 1. The highest BCUT2D eigenvalue weighted by Crippen LogP contribution is 2.26. The molecule has 1 rings (SSSR count). The van der Waals surface area contributed by atoms with Crippen molar-refractivity contribution in [3.8, 4) is 0 Å². The fourth-order valence-electron chi connectivity index (χ4n) is 1.43. The van der Waals surface area contributed by atoms with Gasteiger partial charge < -0.3 is 0 Å². The summed E-state index contributed by atoms with van der Waals surface area (Å²) in [7, 11) is -3.37. The minimum atomic E-state index is -3.37. The van der Waals surface area contributed by atoms with E-state index in [4.69, 9.17) is 0 Å². The highest BCUT2D eigenvalue weighted by molar-refractivity contribution is 7.92. The van der Waals surface area contributed by atoms with E-state index in [0.717, 1.165) is 0 Å². The first kappa shape index (κ1) is 13.4. The Bertz CT molecular complexity index is 528. The Morgan fingerprint density at radius 3 is 2.12 bits per heavy atom. The molecule has 17 heavy (non-hydrogen) atoms. The van der Waals surface area contributed by atoms with Crippen molar-refractivity contribution in [2.24, 2.45) is 0 Å². The topological polar surface area (TPSA) is 89.3 Å². The lowest BCUT2D eigenvalue weighted by molar-refractivity contribution is -0.384. The van der Waals surface area contributed by atoms with Gasteiger partial charge in [0.05, 0.1) is 16.4 Å². The molecule has 6 nitrogen and oxygen atoms in total. The lowest BCUT2D eigenvalue weighted by Gasteiger charge is -2.12. The van der Waals surface area contributed by atoms with E-state index in [1.807, 2.05) is 0 Å². The van der Waals surface area contributed by atoms with E-state index >= 15 is 0 Å². The maximum atomic E-state index is 11.4.